The maximum atomic E-state index is 9.67. The highest BCUT2D eigenvalue weighted by molar-refractivity contribution is 5.67. The van der Waals surface area contributed by atoms with Crippen LogP contribution in [0.25, 0.3) is 0 Å². The third-order valence-corrected chi connectivity index (χ3v) is 5.12. The van der Waals surface area contributed by atoms with Crippen LogP contribution in [-0.2, 0) is 4.79 Å². The Balaban J connectivity index is 0. The molecule has 0 aliphatic rings. The van der Waals surface area contributed by atoms with Crippen molar-refractivity contribution in [2.75, 3.05) is 6.61 Å². The van der Waals surface area contributed by atoms with Gasteiger partial charge in [-0.05, 0) is 19.3 Å². The van der Waals surface area contributed by atoms with Gasteiger partial charge in [0, 0.05) is 0 Å². The van der Waals surface area contributed by atoms with Gasteiger partial charge in [0.15, 0.2) is 0 Å². The van der Waals surface area contributed by atoms with E-state index in [4.69, 9.17) is 20.7 Å². The molecule has 0 saturated carbocycles. The molecule has 0 aromatic rings. The van der Waals surface area contributed by atoms with Crippen molar-refractivity contribution in [3.05, 3.63) is 0 Å². The number of hydrogen-bond acceptors (Lipinski definition) is 4. The van der Waals surface area contributed by atoms with Gasteiger partial charge < -0.3 is 21.1 Å². The zero-order valence-electron chi connectivity index (χ0n) is 18.2. The van der Waals surface area contributed by atoms with Gasteiger partial charge in [-0.15, -0.1) is 0 Å². The lowest BCUT2D eigenvalue weighted by Crippen LogP contribution is -2.42. The minimum atomic E-state index is -1.19. The van der Waals surface area contributed by atoms with Gasteiger partial charge in [-0.25, -0.2) is 4.79 Å². The molecule has 164 valence electrons. The largest absolute Gasteiger partial charge is 0.480 e. The minimum absolute atomic E-state index is 0.199. The van der Waals surface area contributed by atoms with Crippen LogP contribution in [0.4, 0.5) is 0 Å². The lowest BCUT2D eigenvalue weighted by molar-refractivity contribution is -0.140. The SMILES string of the molecule is CCCCCCCCCCCCCCCCC(C)C(C)(N)O.O=C(O)CO. The standard InChI is InChI=1S/C20H43NO.C2H4O3/c1-4-5-6-7-8-9-10-11-12-13-14-15-16-17-18-19(2)20(3,21)22;3-1-2(4)5/h19,22H,4-18,21H2,1-3H3;3H,1H2,(H,4,5). The van der Waals surface area contributed by atoms with Crippen LogP contribution in [0.2, 0.25) is 0 Å². The molecule has 0 aromatic carbocycles. The first-order chi connectivity index (χ1) is 12.8. The Kier molecular flexibility index (Phi) is 21.3. The maximum absolute atomic E-state index is 9.67. The van der Waals surface area contributed by atoms with Crippen molar-refractivity contribution < 1.29 is 20.1 Å². The number of nitrogens with two attached hydrogens (primary N) is 1. The Bertz CT molecular complexity index is 316. The van der Waals surface area contributed by atoms with Crippen molar-refractivity contribution in [2.24, 2.45) is 11.7 Å². The summed E-state index contributed by atoms with van der Waals surface area (Å²) in [7, 11) is 0. The van der Waals surface area contributed by atoms with Crippen LogP contribution in [0, 0.1) is 5.92 Å². The molecule has 0 bridgehead atoms. The minimum Gasteiger partial charge on any atom is -0.480 e. The summed E-state index contributed by atoms with van der Waals surface area (Å²) in [4.78, 5) is 9.12. The van der Waals surface area contributed by atoms with Gasteiger partial charge in [0.2, 0.25) is 0 Å². The van der Waals surface area contributed by atoms with Crippen LogP contribution in [-0.4, -0.2) is 33.6 Å². The van der Waals surface area contributed by atoms with Gasteiger partial charge in [0.05, 0.1) is 0 Å². The Morgan fingerprint density at radius 2 is 1.15 bits per heavy atom. The summed E-state index contributed by atoms with van der Waals surface area (Å²) in [6.45, 7) is 5.26. The molecule has 5 heteroatoms. The number of hydrogen-bond donors (Lipinski definition) is 4. The fourth-order valence-electron chi connectivity index (χ4n) is 2.94. The van der Waals surface area contributed by atoms with Gasteiger partial charge >= 0.3 is 5.97 Å². The Hall–Kier alpha value is -0.650. The summed E-state index contributed by atoms with van der Waals surface area (Å²) < 4.78 is 0. The average Bonchev–Trinajstić information content (AvgIpc) is 2.61. The monoisotopic (exact) mass is 389 g/mol. The third kappa shape index (κ3) is 25.3. The van der Waals surface area contributed by atoms with Gasteiger partial charge in [-0.2, -0.15) is 0 Å². The maximum Gasteiger partial charge on any atom is 0.329 e. The predicted molar refractivity (Wildman–Crippen MR) is 114 cm³/mol. The Morgan fingerprint density at radius 1 is 0.852 bits per heavy atom. The smallest absolute Gasteiger partial charge is 0.329 e. The number of aliphatic carboxylic acids is 1. The van der Waals surface area contributed by atoms with Gasteiger partial charge in [-0.3, -0.25) is 0 Å². The summed E-state index contributed by atoms with van der Waals surface area (Å²) in [5.74, 6) is -0.991. The fraction of sp³-hybridized carbons (Fsp3) is 0.955. The van der Waals surface area contributed by atoms with E-state index in [-0.39, 0.29) is 5.92 Å². The highest BCUT2D eigenvalue weighted by Gasteiger charge is 2.21. The molecule has 0 radical (unpaired) electrons. The third-order valence-electron chi connectivity index (χ3n) is 5.12. The average molecular weight is 390 g/mol. The Morgan fingerprint density at radius 3 is 1.41 bits per heavy atom. The number of carboxylic acids is 1. The molecule has 2 unspecified atom stereocenters. The lowest BCUT2D eigenvalue weighted by Gasteiger charge is -2.25. The second-order valence-corrected chi connectivity index (χ2v) is 8.06. The van der Waals surface area contributed by atoms with E-state index in [2.05, 4.69) is 6.92 Å². The zero-order chi connectivity index (χ0) is 21.0. The molecular formula is C22H47NO4. The number of rotatable bonds is 17. The summed E-state index contributed by atoms with van der Waals surface area (Å²) >= 11 is 0. The van der Waals surface area contributed by atoms with Crippen molar-refractivity contribution in [1.29, 1.82) is 0 Å². The van der Waals surface area contributed by atoms with E-state index in [9.17, 15) is 5.11 Å². The van der Waals surface area contributed by atoms with Crippen molar-refractivity contribution in [2.45, 2.75) is 123 Å². The number of carboxylic acid groups (broad SMARTS) is 1. The molecule has 0 aliphatic heterocycles. The first kappa shape index (κ1) is 28.6. The van der Waals surface area contributed by atoms with Crippen LogP contribution >= 0.6 is 0 Å². The zero-order valence-corrected chi connectivity index (χ0v) is 18.2. The van der Waals surface area contributed by atoms with E-state index >= 15 is 0 Å². The molecule has 5 nitrogen and oxygen atoms in total. The molecule has 0 aromatic heterocycles. The molecule has 27 heavy (non-hydrogen) atoms. The molecule has 0 amide bonds. The fourth-order valence-corrected chi connectivity index (χ4v) is 2.94. The van der Waals surface area contributed by atoms with Gasteiger partial charge in [-0.1, -0.05) is 104 Å². The van der Waals surface area contributed by atoms with E-state index in [1.54, 1.807) is 6.92 Å². The molecule has 0 rings (SSSR count). The van der Waals surface area contributed by atoms with Crippen molar-refractivity contribution in [1.82, 2.24) is 0 Å². The predicted octanol–water partition coefficient (Wildman–Crippen LogP) is 5.22. The number of unbranched alkanes of at least 4 members (excludes halogenated alkanes) is 13. The van der Waals surface area contributed by atoms with Gasteiger partial charge in [0.1, 0.15) is 12.3 Å². The highest BCUT2D eigenvalue weighted by Crippen LogP contribution is 2.19. The van der Waals surface area contributed by atoms with Crippen LogP contribution in [0.1, 0.15) is 117 Å². The first-order valence-corrected chi connectivity index (χ1v) is 11.1. The van der Waals surface area contributed by atoms with Crippen LogP contribution in [0.15, 0.2) is 0 Å². The molecule has 0 spiro atoms. The van der Waals surface area contributed by atoms with Crippen LogP contribution in [0.5, 0.6) is 0 Å². The summed E-state index contributed by atoms with van der Waals surface area (Å²) in [6, 6.07) is 0. The van der Waals surface area contributed by atoms with Crippen LogP contribution < -0.4 is 5.73 Å². The molecular weight excluding hydrogens is 342 g/mol. The molecule has 0 aliphatic carbocycles. The summed E-state index contributed by atoms with van der Waals surface area (Å²) in [6.07, 6.45) is 20.5. The molecule has 0 heterocycles. The van der Waals surface area contributed by atoms with Gasteiger partial charge in [0.25, 0.3) is 0 Å². The molecule has 2 atom stereocenters. The topological polar surface area (TPSA) is 104 Å². The molecule has 5 N–H and O–H groups in total. The molecule has 0 fully saturated rings. The van der Waals surface area contributed by atoms with Crippen molar-refractivity contribution in [3.63, 3.8) is 0 Å². The van der Waals surface area contributed by atoms with Crippen molar-refractivity contribution in [3.8, 4) is 0 Å². The van der Waals surface area contributed by atoms with Crippen LogP contribution in [0.3, 0.4) is 0 Å². The number of aliphatic hydroxyl groups excluding tert-OH is 1. The highest BCUT2D eigenvalue weighted by atomic mass is 16.4. The quantitative estimate of drug-likeness (QED) is 0.201. The first-order valence-electron chi connectivity index (χ1n) is 11.1. The summed E-state index contributed by atoms with van der Waals surface area (Å²) in [5, 5.41) is 24.7. The lowest BCUT2D eigenvalue weighted by atomic mass is 9.93. The Labute approximate surface area is 167 Å². The van der Waals surface area contributed by atoms with E-state index in [1.807, 2.05) is 6.92 Å². The second kappa shape index (κ2) is 20.1. The number of carbonyl (C=O) groups is 1. The molecule has 0 saturated heterocycles. The van der Waals surface area contributed by atoms with E-state index < -0.39 is 18.3 Å². The second-order valence-electron chi connectivity index (χ2n) is 8.06. The van der Waals surface area contributed by atoms with E-state index in [1.165, 1.54) is 89.9 Å². The number of aliphatic hydroxyl groups is 2. The van der Waals surface area contributed by atoms with Crippen molar-refractivity contribution >= 4 is 5.97 Å². The summed E-state index contributed by atoms with van der Waals surface area (Å²) in [5.41, 5.74) is 4.69. The van der Waals surface area contributed by atoms with E-state index in [0.717, 1.165) is 6.42 Å². The van der Waals surface area contributed by atoms with E-state index in [0.29, 0.717) is 0 Å². The normalized spacial score (nSPS) is 14.1.